The number of amides is 1. The lowest BCUT2D eigenvalue weighted by molar-refractivity contribution is -0.134. The van der Waals surface area contributed by atoms with Crippen LogP contribution in [0.4, 0.5) is 4.39 Å². The maximum atomic E-state index is 13.2. The molecule has 1 N–H and O–H groups in total. The summed E-state index contributed by atoms with van der Waals surface area (Å²) in [6.07, 6.45) is 2.00. The zero-order valence-corrected chi connectivity index (χ0v) is 18.1. The fraction of sp³-hybridized carbons (Fsp3) is 0.500. The quantitative estimate of drug-likeness (QED) is 0.692. The highest BCUT2D eigenvalue weighted by molar-refractivity contribution is 5.77. The molecule has 9 heteroatoms. The van der Waals surface area contributed by atoms with Crippen molar-refractivity contribution in [3.05, 3.63) is 51.8 Å². The first-order valence-electron chi connectivity index (χ1n) is 10.6. The second kappa shape index (κ2) is 8.20. The van der Waals surface area contributed by atoms with Gasteiger partial charge in [-0.2, -0.15) is 0 Å². The Balaban J connectivity index is 1.52. The number of aromatic amines is 1. The van der Waals surface area contributed by atoms with E-state index in [0.717, 1.165) is 18.4 Å². The number of nitrogens with one attached hydrogen (secondary N) is 1. The van der Waals surface area contributed by atoms with Gasteiger partial charge in [0.1, 0.15) is 11.6 Å². The number of carbonyl (C=O) groups excluding carboxylic acids is 1. The number of hydrogen-bond acceptors (Lipinski definition) is 5. The average molecular weight is 426 g/mol. The van der Waals surface area contributed by atoms with Crippen molar-refractivity contribution in [1.29, 1.82) is 0 Å². The first-order valence-corrected chi connectivity index (χ1v) is 10.6. The lowest BCUT2D eigenvalue weighted by Crippen LogP contribution is -2.39. The van der Waals surface area contributed by atoms with Crippen molar-refractivity contribution in [3.8, 4) is 0 Å². The molecule has 1 saturated heterocycles. The van der Waals surface area contributed by atoms with Gasteiger partial charge in [-0.15, -0.1) is 5.10 Å². The molecule has 0 bridgehead atoms. The molecule has 164 valence electrons. The van der Waals surface area contributed by atoms with Crippen molar-refractivity contribution in [2.24, 2.45) is 5.41 Å². The Morgan fingerprint density at radius 1 is 1.19 bits per heavy atom. The van der Waals surface area contributed by atoms with E-state index in [1.807, 2.05) is 4.90 Å². The fourth-order valence-electron chi connectivity index (χ4n) is 3.91. The molecule has 1 aliphatic heterocycles. The molecule has 1 aliphatic rings. The lowest BCUT2D eigenvalue weighted by atomic mass is 9.90. The van der Waals surface area contributed by atoms with E-state index in [2.05, 4.69) is 41.1 Å². The normalized spacial score (nSPS) is 15.5. The number of fused-ring (bicyclic) bond motifs is 1. The zero-order chi connectivity index (χ0) is 22.2. The van der Waals surface area contributed by atoms with E-state index < -0.39 is 0 Å². The molecule has 0 spiro atoms. The minimum atomic E-state index is -0.323. The van der Waals surface area contributed by atoms with Crippen LogP contribution in [0.25, 0.3) is 11.2 Å². The molecule has 3 heterocycles. The molecule has 8 nitrogen and oxygen atoms in total. The van der Waals surface area contributed by atoms with Crippen LogP contribution in [0.5, 0.6) is 0 Å². The van der Waals surface area contributed by atoms with E-state index in [4.69, 9.17) is 0 Å². The number of piperidine rings is 1. The van der Waals surface area contributed by atoms with Gasteiger partial charge in [-0.05, 0) is 36.0 Å². The monoisotopic (exact) mass is 426 g/mol. The van der Waals surface area contributed by atoms with Crippen molar-refractivity contribution >= 4 is 17.1 Å². The molecule has 0 saturated carbocycles. The predicted octanol–water partition coefficient (Wildman–Crippen LogP) is 2.84. The van der Waals surface area contributed by atoms with Crippen LogP contribution in [0, 0.1) is 11.2 Å². The summed E-state index contributed by atoms with van der Waals surface area (Å²) >= 11 is 0. The van der Waals surface area contributed by atoms with Crippen LogP contribution in [0.15, 0.2) is 29.1 Å². The van der Waals surface area contributed by atoms with Gasteiger partial charge in [-0.1, -0.05) is 38.1 Å². The SMILES string of the molecule is CC(C)(C)CC(=O)N1CCC(c2nc3c(nnn3Cc3ccc(F)cc3)c(=O)[nH]2)CC1. The Labute approximate surface area is 179 Å². The molecule has 4 rings (SSSR count). The van der Waals surface area contributed by atoms with Crippen molar-refractivity contribution in [2.45, 2.75) is 52.5 Å². The number of carbonyl (C=O) groups is 1. The molecule has 0 unspecified atom stereocenters. The van der Waals surface area contributed by atoms with E-state index in [0.29, 0.717) is 37.5 Å². The highest BCUT2D eigenvalue weighted by Crippen LogP contribution is 2.28. The molecule has 1 amide bonds. The van der Waals surface area contributed by atoms with Crippen molar-refractivity contribution in [1.82, 2.24) is 29.9 Å². The molecule has 1 fully saturated rings. The second-order valence-electron chi connectivity index (χ2n) is 9.39. The molecular weight excluding hydrogens is 399 g/mol. The minimum Gasteiger partial charge on any atom is -0.343 e. The maximum Gasteiger partial charge on any atom is 0.281 e. The summed E-state index contributed by atoms with van der Waals surface area (Å²) < 4.78 is 14.7. The van der Waals surface area contributed by atoms with E-state index in [-0.39, 0.29) is 34.1 Å². The molecule has 3 aromatic rings. The molecular formula is C22H27FN6O2. The smallest absolute Gasteiger partial charge is 0.281 e. The standard InChI is InChI=1S/C22H27FN6O2/c1-22(2,3)12-17(30)28-10-8-15(9-11-28)19-24-20-18(21(31)25-19)26-27-29(20)13-14-4-6-16(23)7-5-14/h4-7,15H,8-13H2,1-3H3,(H,24,25,31). The largest absolute Gasteiger partial charge is 0.343 e. The summed E-state index contributed by atoms with van der Waals surface area (Å²) in [5.41, 5.74) is 1.07. The number of aromatic nitrogens is 5. The van der Waals surface area contributed by atoms with Gasteiger partial charge in [-0.3, -0.25) is 9.59 Å². The number of benzene rings is 1. The molecule has 1 aromatic carbocycles. The Bertz CT molecular complexity index is 1140. The van der Waals surface area contributed by atoms with Gasteiger partial charge in [0.15, 0.2) is 11.2 Å². The van der Waals surface area contributed by atoms with Crippen LogP contribution < -0.4 is 5.56 Å². The van der Waals surface area contributed by atoms with E-state index in [1.165, 1.54) is 12.1 Å². The summed E-state index contributed by atoms with van der Waals surface area (Å²) in [4.78, 5) is 34.5. The fourth-order valence-corrected chi connectivity index (χ4v) is 3.91. The van der Waals surface area contributed by atoms with Gasteiger partial charge in [0.2, 0.25) is 5.91 Å². The third-order valence-electron chi connectivity index (χ3n) is 5.55. The Hall–Kier alpha value is -3.10. The van der Waals surface area contributed by atoms with Gasteiger partial charge in [0.25, 0.3) is 5.56 Å². The van der Waals surface area contributed by atoms with Crippen LogP contribution in [0.2, 0.25) is 0 Å². The van der Waals surface area contributed by atoms with Gasteiger partial charge in [0.05, 0.1) is 6.54 Å². The van der Waals surface area contributed by atoms with Gasteiger partial charge < -0.3 is 9.88 Å². The van der Waals surface area contributed by atoms with Gasteiger partial charge in [0, 0.05) is 25.4 Å². The third-order valence-corrected chi connectivity index (χ3v) is 5.55. The lowest BCUT2D eigenvalue weighted by Gasteiger charge is -2.33. The average Bonchev–Trinajstić information content (AvgIpc) is 3.12. The van der Waals surface area contributed by atoms with E-state index in [1.54, 1.807) is 16.8 Å². The Morgan fingerprint density at radius 3 is 2.52 bits per heavy atom. The van der Waals surface area contributed by atoms with Crippen LogP contribution in [-0.2, 0) is 11.3 Å². The van der Waals surface area contributed by atoms with Gasteiger partial charge in [-0.25, -0.2) is 14.1 Å². The minimum absolute atomic E-state index is 0.0400. The number of hydrogen-bond donors (Lipinski definition) is 1. The molecule has 0 radical (unpaired) electrons. The summed E-state index contributed by atoms with van der Waals surface area (Å²) in [6, 6.07) is 6.10. The number of rotatable bonds is 4. The first-order chi connectivity index (χ1) is 14.7. The topological polar surface area (TPSA) is 96.8 Å². The summed E-state index contributed by atoms with van der Waals surface area (Å²) in [5.74, 6) is 0.522. The molecule has 31 heavy (non-hydrogen) atoms. The highest BCUT2D eigenvalue weighted by Gasteiger charge is 2.28. The molecule has 0 aliphatic carbocycles. The van der Waals surface area contributed by atoms with Crippen molar-refractivity contribution in [3.63, 3.8) is 0 Å². The third kappa shape index (κ3) is 4.81. The molecule has 0 atom stereocenters. The first kappa shape index (κ1) is 21.1. The highest BCUT2D eigenvalue weighted by atomic mass is 19.1. The van der Waals surface area contributed by atoms with Crippen LogP contribution >= 0.6 is 0 Å². The summed E-state index contributed by atoms with van der Waals surface area (Å²) in [5, 5.41) is 8.03. The zero-order valence-electron chi connectivity index (χ0n) is 18.1. The summed E-state index contributed by atoms with van der Waals surface area (Å²) in [7, 11) is 0. The van der Waals surface area contributed by atoms with Crippen LogP contribution in [-0.4, -0.2) is 48.9 Å². The van der Waals surface area contributed by atoms with E-state index in [9.17, 15) is 14.0 Å². The number of nitrogens with zero attached hydrogens (tertiary/aromatic N) is 5. The van der Waals surface area contributed by atoms with Crippen molar-refractivity contribution in [2.75, 3.05) is 13.1 Å². The number of halogens is 1. The second-order valence-corrected chi connectivity index (χ2v) is 9.39. The predicted molar refractivity (Wildman–Crippen MR) is 114 cm³/mol. The van der Waals surface area contributed by atoms with Crippen molar-refractivity contribution < 1.29 is 9.18 Å². The van der Waals surface area contributed by atoms with E-state index >= 15 is 0 Å². The van der Waals surface area contributed by atoms with Crippen LogP contribution in [0.1, 0.15) is 57.3 Å². The Morgan fingerprint density at radius 2 is 1.87 bits per heavy atom. The maximum absolute atomic E-state index is 13.2. The Kier molecular flexibility index (Phi) is 5.60. The van der Waals surface area contributed by atoms with Gasteiger partial charge >= 0.3 is 0 Å². The number of likely N-dealkylation sites (tertiary alicyclic amines) is 1. The summed E-state index contributed by atoms with van der Waals surface area (Å²) in [6.45, 7) is 7.81. The van der Waals surface area contributed by atoms with Crippen LogP contribution in [0.3, 0.4) is 0 Å². The molecule has 2 aromatic heterocycles. The number of H-pyrrole nitrogens is 1.